The Labute approximate surface area is 80.1 Å². The highest BCUT2D eigenvalue weighted by atomic mass is 35.5. The van der Waals surface area contributed by atoms with Crippen LogP contribution in [0, 0.1) is 0 Å². The van der Waals surface area contributed by atoms with Gasteiger partial charge in [0.05, 0.1) is 18.1 Å². The van der Waals surface area contributed by atoms with Crippen molar-refractivity contribution >= 4 is 28.9 Å². The molecule has 0 atom stereocenters. The van der Waals surface area contributed by atoms with Crippen LogP contribution < -0.4 is 0 Å². The lowest BCUT2D eigenvalue weighted by Gasteiger charge is -1.96. The molecule has 0 bridgehead atoms. The monoisotopic (exact) mass is 204 g/mol. The molecule has 0 spiro atoms. The van der Waals surface area contributed by atoms with Crippen LogP contribution in [0.25, 0.3) is 0 Å². The molecule has 0 N–H and O–H groups in total. The van der Waals surface area contributed by atoms with Crippen molar-refractivity contribution in [3.8, 4) is 0 Å². The van der Waals surface area contributed by atoms with Crippen LogP contribution in [0.15, 0.2) is 11.4 Å². The quantitative estimate of drug-likeness (QED) is 0.559. The van der Waals surface area contributed by atoms with E-state index in [0.717, 1.165) is 4.88 Å². The number of esters is 1. The number of rotatable bonds is 3. The number of carbonyl (C=O) groups is 1. The molecule has 0 saturated heterocycles. The number of alkyl halides is 1. The molecule has 0 amide bonds. The van der Waals surface area contributed by atoms with E-state index in [-0.39, 0.29) is 5.97 Å². The number of halogens is 1. The largest absolute Gasteiger partial charge is 0.462 e. The van der Waals surface area contributed by atoms with E-state index in [2.05, 4.69) is 0 Å². The Balaban J connectivity index is 2.68. The number of hydrogen-bond acceptors (Lipinski definition) is 3. The van der Waals surface area contributed by atoms with Crippen LogP contribution in [0.2, 0.25) is 0 Å². The molecule has 1 heterocycles. The van der Waals surface area contributed by atoms with Gasteiger partial charge in [0.15, 0.2) is 0 Å². The molecule has 0 aliphatic heterocycles. The van der Waals surface area contributed by atoms with Gasteiger partial charge in [-0.25, -0.2) is 4.79 Å². The molecule has 2 nitrogen and oxygen atoms in total. The summed E-state index contributed by atoms with van der Waals surface area (Å²) in [5.41, 5.74) is 0.595. The summed E-state index contributed by atoms with van der Waals surface area (Å²) in [5, 5.41) is 1.76. The SMILES string of the molecule is CCOC(=O)c1csc(CCl)c1. The van der Waals surface area contributed by atoms with E-state index >= 15 is 0 Å². The van der Waals surface area contributed by atoms with Gasteiger partial charge in [0.25, 0.3) is 0 Å². The fourth-order valence-corrected chi connectivity index (χ4v) is 1.74. The van der Waals surface area contributed by atoms with Crippen LogP contribution >= 0.6 is 22.9 Å². The van der Waals surface area contributed by atoms with Crippen molar-refractivity contribution in [1.29, 1.82) is 0 Å². The normalized spacial score (nSPS) is 9.83. The highest BCUT2D eigenvalue weighted by Gasteiger charge is 2.08. The second-order valence-corrected chi connectivity index (χ2v) is 3.42. The van der Waals surface area contributed by atoms with Crippen molar-refractivity contribution < 1.29 is 9.53 Å². The molecule has 0 aliphatic carbocycles. The minimum Gasteiger partial charge on any atom is -0.462 e. The van der Waals surface area contributed by atoms with E-state index in [0.29, 0.717) is 18.1 Å². The predicted octanol–water partition coefficient (Wildman–Crippen LogP) is 2.66. The predicted molar refractivity (Wildman–Crippen MR) is 49.8 cm³/mol. The molecule has 12 heavy (non-hydrogen) atoms. The average molecular weight is 205 g/mol. The Bertz CT molecular complexity index is 270. The lowest BCUT2D eigenvalue weighted by Crippen LogP contribution is -2.02. The Morgan fingerprint density at radius 3 is 3.00 bits per heavy atom. The first-order chi connectivity index (χ1) is 5.77. The molecule has 0 fully saturated rings. The smallest absolute Gasteiger partial charge is 0.338 e. The first-order valence-corrected chi connectivity index (χ1v) is 4.99. The van der Waals surface area contributed by atoms with Gasteiger partial charge < -0.3 is 4.74 Å². The summed E-state index contributed by atoms with van der Waals surface area (Å²) in [7, 11) is 0. The first-order valence-electron chi connectivity index (χ1n) is 3.58. The molecule has 0 unspecified atom stereocenters. The molecule has 66 valence electrons. The third-order valence-electron chi connectivity index (χ3n) is 1.30. The van der Waals surface area contributed by atoms with Gasteiger partial charge >= 0.3 is 5.97 Å². The van der Waals surface area contributed by atoms with E-state index in [1.807, 2.05) is 0 Å². The van der Waals surface area contributed by atoms with Gasteiger partial charge in [-0.3, -0.25) is 0 Å². The number of hydrogen-bond donors (Lipinski definition) is 0. The maximum Gasteiger partial charge on any atom is 0.338 e. The number of thiophene rings is 1. The molecule has 0 radical (unpaired) electrons. The molecule has 0 aromatic carbocycles. The van der Waals surface area contributed by atoms with Gasteiger partial charge in [-0.05, 0) is 13.0 Å². The number of ether oxygens (including phenoxy) is 1. The highest BCUT2D eigenvalue weighted by Crippen LogP contribution is 2.17. The van der Waals surface area contributed by atoms with Crippen molar-refractivity contribution in [1.82, 2.24) is 0 Å². The minimum absolute atomic E-state index is 0.273. The molecule has 1 aromatic rings. The summed E-state index contributed by atoms with van der Waals surface area (Å²) >= 11 is 7.05. The van der Waals surface area contributed by atoms with Gasteiger partial charge in [0.1, 0.15) is 0 Å². The fourth-order valence-electron chi connectivity index (χ4n) is 0.772. The first kappa shape index (κ1) is 9.55. The van der Waals surface area contributed by atoms with Crippen molar-refractivity contribution in [2.75, 3.05) is 6.61 Å². The van der Waals surface area contributed by atoms with E-state index in [1.54, 1.807) is 18.4 Å². The van der Waals surface area contributed by atoms with Crippen molar-refractivity contribution in [3.63, 3.8) is 0 Å². The Morgan fingerprint density at radius 2 is 2.50 bits per heavy atom. The summed E-state index contributed by atoms with van der Waals surface area (Å²) in [5.74, 6) is 0.175. The van der Waals surface area contributed by atoms with Crippen LogP contribution in [-0.2, 0) is 10.6 Å². The van der Waals surface area contributed by atoms with E-state index in [1.165, 1.54) is 11.3 Å². The maximum atomic E-state index is 11.1. The van der Waals surface area contributed by atoms with E-state index in [4.69, 9.17) is 16.3 Å². The Morgan fingerprint density at radius 1 is 1.75 bits per heavy atom. The summed E-state index contributed by atoms with van der Waals surface area (Å²) in [6.45, 7) is 2.19. The summed E-state index contributed by atoms with van der Waals surface area (Å²) in [6.07, 6.45) is 0. The van der Waals surface area contributed by atoms with Gasteiger partial charge in [0, 0.05) is 10.3 Å². The summed E-state index contributed by atoms with van der Waals surface area (Å²) < 4.78 is 4.81. The molecular weight excluding hydrogens is 196 g/mol. The maximum absolute atomic E-state index is 11.1. The highest BCUT2D eigenvalue weighted by molar-refractivity contribution is 7.10. The second kappa shape index (κ2) is 4.48. The van der Waals surface area contributed by atoms with Gasteiger partial charge in [-0.15, -0.1) is 22.9 Å². The van der Waals surface area contributed by atoms with Crippen LogP contribution in [-0.4, -0.2) is 12.6 Å². The van der Waals surface area contributed by atoms with Gasteiger partial charge in [0.2, 0.25) is 0 Å². The van der Waals surface area contributed by atoms with Gasteiger partial charge in [-0.1, -0.05) is 0 Å². The van der Waals surface area contributed by atoms with Crippen LogP contribution in [0.3, 0.4) is 0 Å². The summed E-state index contributed by atoms with van der Waals surface area (Å²) in [6, 6.07) is 1.76. The van der Waals surface area contributed by atoms with Crippen LogP contribution in [0.4, 0.5) is 0 Å². The molecule has 1 aromatic heterocycles. The van der Waals surface area contributed by atoms with Crippen LogP contribution in [0.5, 0.6) is 0 Å². The van der Waals surface area contributed by atoms with Crippen molar-refractivity contribution in [2.45, 2.75) is 12.8 Å². The second-order valence-electron chi connectivity index (χ2n) is 2.16. The van der Waals surface area contributed by atoms with Crippen LogP contribution in [0.1, 0.15) is 22.2 Å². The van der Waals surface area contributed by atoms with E-state index in [9.17, 15) is 4.79 Å². The van der Waals surface area contributed by atoms with Gasteiger partial charge in [-0.2, -0.15) is 0 Å². The van der Waals surface area contributed by atoms with Crippen molar-refractivity contribution in [3.05, 3.63) is 21.9 Å². The molecular formula is C8H9ClO2S. The lowest BCUT2D eigenvalue weighted by molar-refractivity contribution is 0.0527. The third kappa shape index (κ3) is 2.22. The minimum atomic E-state index is -0.273. The zero-order valence-corrected chi connectivity index (χ0v) is 8.24. The zero-order chi connectivity index (χ0) is 8.97. The Hall–Kier alpha value is -0.540. The molecule has 1 rings (SSSR count). The van der Waals surface area contributed by atoms with Crippen molar-refractivity contribution in [2.24, 2.45) is 0 Å². The molecule has 0 saturated carbocycles. The molecule has 0 aliphatic rings. The average Bonchev–Trinajstić information content (AvgIpc) is 2.52. The molecule has 4 heteroatoms. The topological polar surface area (TPSA) is 26.3 Å². The zero-order valence-electron chi connectivity index (χ0n) is 6.67. The summed E-state index contributed by atoms with van der Waals surface area (Å²) in [4.78, 5) is 12.1. The third-order valence-corrected chi connectivity index (χ3v) is 2.68. The lowest BCUT2D eigenvalue weighted by atomic mass is 10.3. The Kier molecular flexibility index (Phi) is 3.56. The fraction of sp³-hybridized carbons (Fsp3) is 0.375. The number of carbonyl (C=O) groups excluding carboxylic acids is 1. The van der Waals surface area contributed by atoms with E-state index < -0.39 is 0 Å². The standard InChI is InChI=1S/C8H9ClO2S/c1-2-11-8(10)6-3-7(4-9)12-5-6/h3,5H,2,4H2,1H3.